The lowest BCUT2D eigenvalue weighted by Gasteiger charge is -2.33. The van der Waals surface area contributed by atoms with E-state index in [0.717, 1.165) is 6.42 Å². The van der Waals surface area contributed by atoms with Gasteiger partial charge in [0.05, 0.1) is 0 Å². The van der Waals surface area contributed by atoms with Crippen LogP contribution in [0.2, 0.25) is 0 Å². The minimum Gasteiger partial charge on any atom is -0.399 e. The predicted octanol–water partition coefficient (Wildman–Crippen LogP) is 2.80. The smallest absolute Gasteiger partial charge is 0.251 e. The third-order valence-corrected chi connectivity index (χ3v) is 2.66. The monoisotopic (exact) mass is 263 g/mol. The van der Waals surface area contributed by atoms with Crippen LogP contribution in [-0.4, -0.2) is 11.4 Å². The molecule has 1 aromatic carbocycles. The summed E-state index contributed by atoms with van der Waals surface area (Å²) < 4.78 is 0. The lowest BCUT2D eigenvalue weighted by molar-refractivity contribution is 0.0891. The molecular weight excluding hydrogens is 238 g/mol. The second-order valence-corrected chi connectivity index (χ2v) is 6.96. The summed E-state index contributed by atoms with van der Waals surface area (Å²) >= 11 is 0. The summed E-state index contributed by atoms with van der Waals surface area (Å²) in [6.45, 7) is 10.5. The van der Waals surface area contributed by atoms with Crippen molar-refractivity contribution in [2.24, 2.45) is 5.41 Å². The summed E-state index contributed by atoms with van der Waals surface area (Å²) in [5.41, 5.74) is 12.8. The van der Waals surface area contributed by atoms with E-state index in [9.17, 15) is 4.79 Å². The molecule has 0 aliphatic rings. The first kappa shape index (κ1) is 15.3. The van der Waals surface area contributed by atoms with Gasteiger partial charge in [0.15, 0.2) is 0 Å². The number of nitrogens with two attached hydrogens (primary N) is 2. The Labute approximate surface area is 115 Å². The number of anilines is 2. The number of hydrogen-bond donors (Lipinski definition) is 3. The zero-order chi connectivity index (χ0) is 14.8. The summed E-state index contributed by atoms with van der Waals surface area (Å²) in [6, 6.07) is 4.91. The highest BCUT2D eigenvalue weighted by atomic mass is 16.1. The molecule has 0 radical (unpaired) electrons. The fraction of sp³-hybridized carbons (Fsp3) is 0.533. The third kappa shape index (κ3) is 5.20. The molecule has 0 aromatic heterocycles. The van der Waals surface area contributed by atoms with Crippen LogP contribution in [-0.2, 0) is 0 Å². The maximum atomic E-state index is 12.2. The molecule has 0 spiro atoms. The Morgan fingerprint density at radius 2 is 1.53 bits per heavy atom. The Kier molecular flexibility index (Phi) is 4.13. The third-order valence-electron chi connectivity index (χ3n) is 2.66. The van der Waals surface area contributed by atoms with Gasteiger partial charge in [-0.15, -0.1) is 0 Å². The second kappa shape index (κ2) is 5.11. The Hall–Kier alpha value is -1.71. The van der Waals surface area contributed by atoms with Gasteiger partial charge in [-0.3, -0.25) is 4.79 Å². The molecule has 1 amide bonds. The SMILES string of the molecule is CC(C)(C)CC(C)(C)NC(=O)c1cc(N)cc(N)c1. The molecule has 0 unspecified atom stereocenters. The number of hydrogen-bond acceptors (Lipinski definition) is 3. The maximum Gasteiger partial charge on any atom is 0.251 e. The van der Waals surface area contributed by atoms with Crippen LogP contribution in [0.4, 0.5) is 11.4 Å². The first-order valence-electron chi connectivity index (χ1n) is 6.47. The number of benzene rings is 1. The molecule has 19 heavy (non-hydrogen) atoms. The van der Waals surface area contributed by atoms with Crippen molar-refractivity contribution in [3.8, 4) is 0 Å². The molecular formula is C15H25N3O. The topological polar surface area (TPSA) is 81.1 Å². The minimum absolute atomic E-state index is 0.144. The van der Waals surface area contributed by atoms with Crippen molar-refractivity contribution in [2.75, 3.05) is 11.5 Å². The molecule has 0 heterocycles. The average Bonchev–Trinajstić information content (AvgIpc) is 2.10. The van der Waals surface area contributed by atoms with Crippen molar-refractivity contribution < 1.29 is 4.79 Å². The van der Waals surface area contributed by atoms with Gasteiger partial charge in [0.1, 0.15) is 0 Å². The van der Waals surface area contributed by atoms with E-state index in [2.05, 4.69) is 26.1 Å². The number of nitrogens with one attached hydrogen (secondary N) is 1. The molecule has 0 aliphatic carbocycles. The lowest BCUT2D eigenvalue weighted by Crippen LogP contribution is -2.45. The van der Waals surface area contributed by atoms with E-state index in [0.29, 0.717) is 16.9 Å². The zero-order valence-electron chi connectivity index (χ0n) is 12.5. The van der Waals surface area contributed by atoms with Crippen molar-refractivity contribution in [2.45, 2.75) is 46.6 Å². The predicted molar refractivity (Wildman–Crippen MR) is 80.9 cm³/mol. The van der Waals surface area contributed by atoms with Gasteiger partial charge < -0.3 is 16.8 Å². The lowest BCUT2D eigenvalue weighted by atomic mass is 9.81. The van der Waals surface area contributed by atoms with E-state index >= 15 is 0 Å². The van der Waals surface area contributed by atoms with E-state index in [-0.39, 0.29) is 16.9 Å². The van der Waals surface area contributed by atoms with Gasteiger partial charge in [-0.2, -0.15) is 0 Å². The molecule has 4 nitrogen and oxygen atoms in total. The minimum atomic E-state index is -0.283. The number of nitrogen functional groups attached to an aromatic ring is 2. The zero-order valence-corrected chi connectivity index (χ0v) is 12.5. The second-order valence-electron chi connectivity index (χ2n) is 6.96. The summed E-state index contributed by atoms with van der Waals surface area (Å²) in [7, 11) is 0. The van der Waals surface area contributed by atoms with Gasteiger partial charge in [0.2, 0.25) is 0 Å². The molecule has 1 rings (SSSR count). The molecule has 0 bridgehead atoms. The van der Waals surface area contributed by atoms with Crippen LogP contribution in [0.25, 0.3) is 0 Å². The summed E-state index contributed by atoms with van der Waals surface area (Å²) in [5.74, 6) is -0.145. The van der Waals surface area contributed by atoms with Crippen molar-refractivity contribution in [1.82, 2.24) is 5.32 Å². The van der Waals surface area contributed by atoms with E-state index < -0.39 is 0 Å². The Balaban J connectivity index is 2.84. The normalized spacial score (nSPS) is 12.3. The Morgan fingerprint density at radius 1 is 1.05 bits per heavy atom. The first-order chi connectivity index (χ1) is 8.48. The van der Waals surface area contributed by atoms with Crippen LogP contribution in [0.1, 0.15) is 51.4 Å². The van der Waals surface area contributed by atoms with E-state index in [4.69, 9.17) is 11.5 Å². The first-order valence-corrected chi connectivity index (χ1v) is 6.47. The van der Waals surface area contributed by atoms with Crippen molar-refractivity contribution >= 4 is 17.3 Å². The standard InChI is InChI=1S/C15H25N3O/c1-14(2,3)9-15(4,5)18-13(19)10-6-11(16)8-12(17)7-10/h6-8H,9,16-17H2,1-5H3,(H,18,19). The number of carbonyl (C=O) groups excluding carboxylic acids is 1. The van der Waals surface area contributed by atoms with Gasteiger partial charge in [-0.1, -0.05) is 20.8 Å². The molecule has 0 atom stereocenters. The Bertz CT molecular complexity index is 453. The number of rotatable bonds is 3. The van der Waals surface area contributed by atoms with Crippen LogP contribution in [0, 0.1) is 5.41 Å². The van der Waals surface area contributed by atoms with Gasteiger partial charge in [-0.25, -0.2) is 0 Å². The van der Waals surface area contributed by atoms with E-state index in [1.54, 1.807) is 18.2 Å². The largest absolute Gasteiger partial charge is 0.399 e. The average molecular weight is 263 g/mol. The van der Waals surface area contributed by atoms with Gasteiger partial charge in [0, 0.05) is 22.5 Å². The summed E-state index contributed by atoms with van der Waals surface area (Å²) in [5, 5.41) is 3.03. The van der Waals surface area contributed by atoms with Gasteiger partial charge in [0.25, 0.3) is 5.91 Å². The molecule has 0 saturated heterocycles. The quantitative estimate of drug-likeness (QED) is 0.733. The van der Waals surface area contributed by atoms with Crippen LogP contribution in [0.3, 0.4) is 0 Å². The van der Waals surface area contributed by atoms with Crippen molar-refractivity contribution in [3.63, 3.8) is 0 Å². The van der Waals surface area contributed by atoms with Crippen molar-refractivity contribution in [1.29, 1.82) is 0 Å². The Morgan fingerprint density at radius 3 is 1.95 bits per heavy atom. The van der Waals surface area contributed by atoms with Crippen LogP contribution >= 0.6 is 0 Å². The molecule has 0 fully saturated rings. The van der Waals surface area contributed by atoms with Gasteiger partial charge in [-0.05, 0) is 43.9 Å². The molecule has 0 saturated carbocycles. The van der Waals surface area contributed by atoms with E-state index in [1.165, 1.54) is 0 Å². The fourth-order valence-corrected chi connectivity index (χ4v) is 2.56. The molecule has 1 aromatic rings. The molecule has 0 aliphatic heterocycles. The fourth-order valence-electron chi connectivity index (χ4n) is 2.56. The number of amides is 1. The highest BCUT2D eigenvalue weighted by Gasteiger charge is 2.27. The highest BCUT2D eigenvalue weighted by molar-refractivity contribution is 5.96. The number of carbonyl (C=O) groups is 1. The van der Waals surface area contributed by atoms with Crippen LogP contribution in [0.15, 0.2) is 18.2 Å². The van der Waals surface area contributed by atoms with Crippen LogP contribution < -0.4 is 16.8 Å². The molecule has 106 valence electrons. The maximum absolute atomic E-state index is 12.2. The summed E-state index contributed by atoms with van der Waals surface area (Å²) in [4.78, 5) is 12.2. The van der Waals surface area contributed by atoms with E-state index in [1.807, 2.05) is 13.8 Å². The van der Waals surface area contributed by atoms with Crippen molar-refractivity contribution in [3.05, 3.63) is 23.8 Å². The highest BCUT2D eigenvalue weighted by Crippen LogP contribution is 2.27. The van der Waals surface area contributed by atoms with Gasteiger partial charge >= 0.3 is 0 Å². The molecule has 4 heteroatoms. The summed E-state index contributed by atoms with van der Waals surface area (Å²) in [6.07, 6.45) is 0.879. The van der Waals surface area contributed by atoms with Crippen LogP contribution in [0.5, 0.6) is 0 Å². The molecule has 5 N–H and O–H groups in total.